The highest BCUT2D eigenvalue weighted by molar-refractivity contribution is 6.28. The predicted molar refractivity (Wildman–Crippen MR) is 58.6 cm³/mol. The minimum atomic E-state index is -2.65. The van der Waals surface area contributed by atoms with Crippen LogP contribution in [-0.2, 0) is 0 Å². The molecule has 1 N–H and O–H groups in total. The average Bonchev–Trinajstić information content (AvgIpc) is 2.55. The number of aromatic amines is 1. The van der Waals surface area contributed by atoms with Gasteiger partial charge in [0.05, 0.1) is 18.5 Å². The lowest BCUT2D eigenvalue weighted by molar-refractivity contribution is -0.0265. The Kier molecular flexibility index (Phi) is 2.04. The van der Waals surface area contributed by atoms with Crippen LogP contribution in [0.2, 0.25) is 5.28 Å². The van der Waals surface area contributed by atoms with Gasteiger partial charge in [0.2, 0.25) is 5.28 Å². The summed E-state index contributed by atoms with van der Waals surface area (Å²) in [5, 5.41) is 7.34. The fourth-order valence-corrected chi connectivity index (χ4v) is 2.07. The molecule has 0 bridgehead atoms. The second kappa shape index (κ2) is 3.25. The van der Waals surface area contributed by atoms with E-state index >= 15 is 0 Å². The summed E-state index contributed by atoms with van der Waals surface area (Å²) in [4.78, 5) is 9.41. The molecule has 0 unspecified atom stereocenters. The van der Waals surface area contributed by atoms with Crippen LogP contribution in [-0.4, -0.2) is 39.2 Å². The number of nitrogens with one attached hydrogen (secondary N) is 1. The van der Waals surface area contributed by atoms with Gasteiger partial charge in [0.15, 0.2) is 5.65 Å². The van der Waals surface area contributed by atoms with E-state index in [0.29, 0.717) is 16.9 Å². The first kappa shape index (κ1) is 10.6. The van der Waals surface area contributed by atoms with Gasteiger partial charge in [0, 0.05) is 5.69 Å². The van der Waals surface area contributed by atoms with Crippen molar-refractivity contribution in [2.45, 2.75) is 12.8 Å². The number of hydrogen-bond donors (Lipinski definition) is 1. The summed E-state index contributed by atoms with van der Waals surface area (Å²) in [7, 11) is 0. The molecule has 2 aromatic rings. The number of anilines is 1. The molecule has 2 aromatic heterocycles. The first-order chi connectivity index (χ1) is 7.96. The van der Waals surface area contributed by atoms with Crippen molar-refractivity contribution in [2.75, 3.05) is 18.0 Å². The Labute approximate surface area is 99.8 Å². The minimum absolute atomic E-state index is 0.00853. The van der Waals surface area contributed by atoms with E-state index in [9.17, 15) is 8.78 Å². The maximum atomic E-state index is 12.9. The van der Waals surface area contributed by atoms with Crippen molar-refractivity contribution in [3.63, 3.8) is 0 Å². The van der Waals surface area contributed by atoms with E-state index in [1.807, 2.05) is 0 Å². The average molecular weight is 260 g/mol. The van der Waals surface area contributed by atoms with Gasteiger partial charge in [-0.25, -0.2) is 8.78 Å². The molecule has 1 aliphatic rings. The number of H-pyrrole nitrogens is 1. The maximum Gasteiger partial charge on any atom is 0.282 e. The van der Waals surface area contributed by atoms with Crippen LogP contribution in [0, 0.1) is 6.92 Å². The quantitative estimate of drug-likeness (QED) is 0.793. The van der Waals surface area contributed by atoms with Crippen LogP contribution in [0.3, 0.4) is 0 Å². The van der Waals surface area contributed by atoms with Crippen LogP contribution in [0.15, 0.2) is 0 Å². The van der Waals surface area contributed by atoms with Gasteiger partial charge >= 0.3 is 0 Å². The minimum Gasteiger partial charge on any atom is -0.344 e. The van der Waals surface area contributed by atoms with Gasteiger partial charge in [-0.15, -0.1) is 0 Å². The number of rotatable bonds is 1. The summed E-state index contributed by atoms with van der Waals surface area (Å²) in [6, 6.07) is 0. The monoisotopic (exact) mass is 259 g/mol. The van der Waals surface area contributed by atoms with E-state index < -0.39 is 5.92 Å². The number of aromatic nitrogens is 4. The third kappa shape index (κ3) is 1.61. The van der Waals surface area contributed by atoms with E-state index in [2.05, 4.69) is 20.2 Å². The highest BCUT2D eigenvalue weighted by Gasteiger charge is 2.45. The maximum absolute atomic E-state index is 12.9. The molecular formula is C9H8ClF2N5. The molecule has 0 radical (unpaired) electrons. The van der Waals surface area contributed by atoms with Crippen molar-refractivity contribution in [1.82, 2.24) is 20.2 Å². The van der Waals surface area contributed by atoms with Crippen molar-refractivity contribution in [1.29, 1.82) is 0 Å². The summed E-state index contributed by atoms with van der Waals surface area (Å²) < 4.78 is 25.7. The zero-order valence-corrected chi connectivity index (χ0v) is 9.59. The number of hydrogen-bond acceptors (Lipinski definition) is 4. The van der Waals surface area contributed by atoms with Crippen LogP contribution < -0.4 is 4.90 Å². The Balaban J connectivity index is 2.12. The van der Waals surface area contributed by atoms with E-state index in [-0.39, 0.29) is 18.4 Å². The lowest BCUT2D eigenvalue weighted by atomic mass is 10.1. The summed E-state index contributed by atoms with van der Waals surface area (Å²) >= 11 is 5.74. The van der Waals surface area contributed by atoms with Gasteiger partial charge in [-0.3, -0.25) is 5.10 Å². The van der Waals surface area contributed by atoms with Crippen molar-refractivity contribution in [3.05, 3.63) is 11.0 Å². The molecule has 0 saturated carbocycles. The topological polar surface area (TPSA) is 57.7 Å². The Bertz CT molecular complexity index is 588. The first-order valence-electron chi connectivity index (χ1n) is 4.97. The molecule has 0 atom stereocenters. The van der Waals surface area contributed by atoms with Crippen LogP contribution in [0.4, 0.5) is 14.6 Å². The molecule has 17 heavy (non-hydrogen) atoms. The van der Waals surface area contributed by atoms with E-state index in [0.717, 1.165) is 5.69 Å². The lowest BCUT2D eigenvalue weighted by Crippen LogP contribution is -2.56. The van der Waals surface area contributed by atoms with E-state index in [1.54, 1.807) is 6.92 Å². The summed E-state index contributed by atoms with van der Waals surface area (Å²) in [6.07, 6.45) is 0. The Morgan fingerprint density at radius 1 is 1.35 bits per heavy atom. The number of aryl methyl sites for hydroxylation is 1. The zero-order chi connectivity index (χ0) is 12.2. The van der Waals surface area contributed by atoms with Crippen molar-refractivity contribution < 1.29 is 8.78 Å². The van der Waals surface area contributed by atoms with Crippen molar-refractivity contribution in [3.8, 4) is 0 Å². The van der Waals surface area contributed by atoms with Crippen LogP contribution in [0.1, 0.15) is 5.69 Å². The standard InChI is InChI=1S/C9H8ClF2N5/c1-4-5-6(16-15-4)13-8(10)14-7(5)17-2-9(11,12)3-17/h2-3H2,1H3,(H,13,14,15,16). The van der Waals surface area contributed by atoms with Crippen molar-refractivity contribution in [2.24, 2.45) is 0 Å². The summed E-state index contributed by atoms with van der Waals surface area (Å²) in [5.74, 6) is -2.24. The molecule has 1 fully saturated rings. The van der Waals surface area contributed by atoms with Gasteiger partial charge in [-0.1, -0.05) is 0 Å². The second-order valence-electron chi connectivity index (χ2n) is 4.08. The molecule has 5 nitrogen and oxygen atoms in total. The zero-order valence-electron chi connectivity index (χ0n) is 8.84. The third-order valence-corrected chi connectivity index (χ3v) is 2.86. The molecule has 8 heteroatoms. The van der Waals surface area contributed by atoms with Crippen molar-refractivity contribution >= 4 is 28.5 Å². The molecule has 0 amide bonds. The Morgan fingerprint density at radius 2 is 2.06 bits per heavy atom. The lowest BCUT2D eigenvalue weighted by Gasteiger charge is -2.39. The van der Waals surface area contributed by atoms with Crippen LogP contribution >= 0.6 is 11.6 Å². The SMILES string of the molecule is Cc1[nH]nc2nc(Cl)nc(N3CC(F)(F)C3)c12. The summed E-state index contributed by atoms with van der Waals surface area (Å²) in [5.41, 5.74) is 1.13. The van der Waals surface area contributed by atoms with Gasteiger partial charge in [-0.05, 0) is 18.5 Å². The molecule has 90 valence electrons. The first-order valence-corrected chi connectivity index (χ1v) is 5.35. The Hall–Kier alpha value is -1.50. The summed E-state index contributed by atoms with van der Waals surface area (Å²) in [6.45, 7) is 1.09. The van der Waals surface area contributed by atoms with Crippen LogP contribution in [0.5, 0.6) is 0 Å². The van der Waals surface area contributed by atoms with Gasteiger partial charge in [0.25, 0.3) is 5.92 Å². The fourth-order valence-electron chi connectivity index (χ4n) is 1.91. The van der Waals surface area contributed by atoms with Gasteiger partial charge in [-0.2, -0.15) is 15.1 Å². The molecule has 0 aromatic carbocycles. The van der Waals surface area contributed by atoms with E-state index in [4.69, 9.17) is 11.6 Å². The molecule has 0 spiro atoms. The fraction of sp³-hybridized carbons (Fsp3) is 0.444. The largest absolute Gasteiger partial charge is 0.344 e. The number of halogens is 3. The smallest absolute Gasteiger partial charge is 0.282 e. The molecule has 1 saturated heterocycles. The number of fused-ring (bicyclic) bond motifs is 1. The molecule has 1 aliphatic heterocycles. The normalized spacial score (nSPS) is 18.5. The molecule has 3 rings (SSSR count). The number of alkyl halides is 2. The second-order valence-corrected chi connectivity index (χ2v) is 4.41. The van der Waals surface area contributed by atoms with Gasteiger partial charge < -0.3 is 4.90 Å². The Morgan fingerprint density at radius 3 is 2.71 bits per heavy atom. The molecule has 0 aliphatic carbocycles. The van der Waals surface area contributed by atoms with E-state index in [1.165, 1.54) is 4.90 Å². The third-order valence-electron chi connectivity index (χ3n) is 2.69. The van der Waals surface area contributed by atoms with Gasteiger partial charge in [0.1, 0.15) is 5.82 Å². The van der Waals surface area contributed by atoms with Crippen LogP contribution in [0.25, 0.3) is 11.0 Å². The highest BCUT2D eigenvalue weighted by atomic mass is 35.5. The highest BCUT2D eigenvalue weighted by Crippen LogP contribution is 2.35. The number of nitrogens with zero attached hydrogens (tertiary/aromatic N) is 4. The molecule has 3 heterocycles. The predicted octanol–water partition coefficient (Wildman–Crippen LogP) is 1.77. The molecular weight excluding hydrogens is 252 g/mol.